The van der Waals surface area contributed by atoms with Gasteiger partial charge in [-0.25, -0.2) is 0 Å². The molecule has 0 aliphatic heterocycles. The molecule has 0 aromatic heterocycles. The summed E-state index contributed by atoms with van der Waals surface area (Å²) in [5.74, 6) is 0.322. The van der Waals surface area contributed by atoms with E-state index in [4.69, 9.17) is 20.4 Å². The van der Waals surface area contributed by atoms with Gasteiger partial charge in [0.15, 0.2) is 12.4 Å². The smallest absolute Gasteiger partial charge is 0.204 e. The Kier molecular flexibility index (Phi) is 41.0. The summed E-state index contributed by atoms with van der Waals surface area (Å²) >= 11 is 0. The Hall–Kier alpha value is -2.64. The van der Waals surface area contributed by atoms with Crippen molar-refractivity contribution >= 4 is 18.8 Å². The Bertz CT molecular complexity index is 308. The van der Waals surface area contributed by atoms with Gasteiger partial charge in [0.1, 0.15) is 5.75 Å². The third kappa shape index (κ3) is 60.0. The molecule has 0 fully saturated rings. The number of aromatic hydroxyl groups is 1. The minimum Gasteiger partial charge on any atom is -0.508 e. The largest absolute Gasteiger partial charge is 0.508 e. The molecule has 94 valence electrons. The molecule has 17 heavy (non-hydrogen) atoms. The quantitative estimate of drug-likeness (QED) is 0.285. The molecule has 1 rings (SSSR count). The molecule has 0 aliphatic rings. The molecule has 0 aliphatic carbocycles. The number of benzene rings is 1. The van der Waals surface area contributed by atoms with Gasteiger partial charge in [0, 0.05) is 0 Å². The number of carbonyl (C=O) groups excluding carboxylic acids is 1. The van der Waals surface area contributed by atoms with Crippen molar-refractivity contribution in [1.82, 2.24) is 0 Å². The van der Waals surface area contributed by atoms with Gasteiger partial charge in [0.05, 0.1) is 0 Å². The molecule has 0 heterocycles. The number of phenols is 1. The molecule has 0 saturated heterocycles. The van der Waals surface area contributed by atoms with Gasteiger partial charge in [-0.15, -0.1) is 12.4 Å². The summed E-state index contributed by atoms with van der Waals surface area (Å²) in [6, 6.07) is 8.71. The van der Waals surface area contributed by atoms with E-state index in [1.807, 2.05) is 6.07 Å². The summed E-state index contributed by atoms with van der Waals surface area (Å²) < 4.78 is 0. The first-order chi connectivity index (χ1) is 7.64. The summed E-state index contributed by atoms with van der Waals surface area (Å²) in [7, 11) is 0. The van der Waals surface area contributed by atoms with E-state index in [0.717, 1.165) is 0 Å². The molecule has 0 atom stereocenters. The molecule has 1 aromatic carbocycles. The fraction of sp³-hybridized carbons (Fsp3) is 0. The Morgan fingerprint density at radius 1 is 1.12 bits per heavy atom. The summed E-state index contributed by atoms with van der Waals surface area (Å²) in [5, 5.41) is 22.8. The van der Waals surface area contributed by atoms with Crippen LogP contribution in [0.5, 0.6) is 5.75 Å². The van der Waals surface area contributed by atoms with Crippen LogP contribution in [0.4, 0.5) is 0 Å². The highest BCUT2D eigenvalue weighted by atomic mass is 35.5. The minimum atomic E-state index is 0. The van der Waals surface area contributed by atoms with E-state index >= 15 is 0 Å². The first-order valence-corrected chi connectivity index (χ1v) is 3.73. The van der Waals surface area contributed by atoms with Gasteiger partial charge in [-0.2, -0.15) is 10.5 Å². The molecule has 1 amide bonds. The number of para-hydroxylation sites is 1. The van der Waals surface area contributed by atoms with E-state index in [-0.39, 0.29) is 18.8 Å². The predicted molar refractivity (Wildman–Crippen MR) is 65.2 cm³/mol. The maximum absolute atomic E-state index is 8.63. The molecule has 7 N–H and O–H groups in total. The number of nitrogens with two attached hydrogens (primary N) is 3. The molecule has 0 saturated carbocycles. The van der Waals surface area contributed by atoms with Crippen LogP contribution in [0.25, 0.3) is 0 Å². The van der Waals surface area contributed by atoms with E-state index in [2.05, 4.69) is 17.2 Å². The maximum atomic E-state index is 8.63. The number of nitriles is 2. The van der Waals surface area contributed by atoms with Crippen molar-refractivity contribution in [3.8, 4) is 18.1 Å². The van der Waals surface area contributed by atoms with E-state index in [1.165, 1.54) is 12.4 Å². The van der Waals surface area contributed by atoms with E-state index < -0.39 is 0 Å². The van der Waals surface area contributed by atoms with Gasteiger partial charge in [0.2, 0.25) is 6.41 Å². The van der Waals surface area contributed by atoms with Crippen molar-refractivity contribution in [2.45, 2.75) is 0 Å². The van der Waals surface area contributed by atoms with Gasteiger partial charge in [-0.05, 0) is 12.1 Å². The van der Waals surface area contributed by atoms with Crippen LogP contribution in [0.2, 0.25) is 0 Å². The first kappa shape index (κ1) is 23.9. The molecule has 1 aromatic rings. The second-order valence-electron chi connectivity index (χ2n) is 1.73. The summed E-state index contributed by atoms with van der Waals surface area (Å²) in [5.41, 5.74) is 12.5. The van der Waals surface area contributed by atoms with Gasteiger partial charge in [-0.1, -0.05) is 18.2 Å². The van der Waals surface area contributed by atoms with Crippen LogP contribution in [0.1, 0.15) is 0 Å². The maximum Gasteiger partial charge on any atom is 0.204 e. The highest BCUT2D eigenvalue weighted by molar-refractivity contribution is 5.85. The third-order valence-corrected chi connectivity index (χ3v) is 0.756. The lowest BCUT2D eigenvalue weighted by Gasteiger charge is -1.82. The molecule has 0 unspecified atom stereocenters. The topological polar surface area (TPSA) is 163 Å². The number of halogens is 1. The van der Waals surface area contributed by atoms with Crippen LogP contribution in [0.3, 0.4) is 0 Å². The Balaban J connectivity index is -0.0000000734. The molecule has 0 spiro atoms. The highest BCUT2D eigenvalue weighted by Crippen LogP contribution is 2.02. The van der Waals surface area contributed by atoms with Crippen molar-refractivity contribution in [2.24, 2.45) is 17.2 Å². The zero-order valence-corrected chi connectivity index (χ0v) is 9.67. The normalized spacial score (nSPS) is 5.06. The van der Waals surface area contributed by atoms with Crippen LogP contribution < -0.4 is 17.2 Å². The SMILES string of the molecule is Cl.N#CN.N#CN.NC=O.Oc1ccccc1. The molecule has 7 nitrogen and oxygen atoms in total. The Morgan fingerprint density at radius 3 is 1.47 bits per heavy atom. The fourth-order valence-corrected chi connectivity index (χ4v) is 0.428. The average Bonchev–Trinajstić information content (AvgIpc) is 2.22. The zero-order chi connectivity index (χ0) is 13.2. The number of hydrogen-bond acceptors (Lipinski definition) is 6. The lowest BCUT2D eigenvalue weighted by atomic mass is 10.3. The average molecular weight is 260 g/mol. The van der Waals surface area contributed by atoms with Gasteiger partial charge < -0.3 is 22.3 Å². The fourth-order valence-electron chi connectivity index (χ4n) is 0.428. The molecular weight excluding hydrogens is 246 g/mol. The highest BCUT2D eigenvalue weighted by Gasteiger charge is 1.74. The van der Waals surface area contributed by atoms with E-state index in [1.54, 1.807) is 24.3 Å². The number of rotatable bonds is 0. The minimum absolute atomic E-state index is 0. The number of carbonyl (C=O) groups is 1. The number of primary amides is 1. The van der Waals surface area contributed by atoms with Crippen molar-refractivity contribution < 1.29 is 9.90 Å². The van der Waals surface area contributed by atoms with Crippen LogP contribution >= 0.6 is 12.4 Å². The number of nitrogens with zero attached hydrogens (tertiary/aromatic N) is 2. The monoisotopic (exact) mass is 259 g/mol. The zero-order valence-electron chi connectivity index (χ0n) is 8.85. The summed E-state index contributed by atoms with van der Waals surface area (Å²) in [6.07, 6.45) is 2.75. The van der Waals surface area contributed by atoms with Crippen LogP contribution in [0, 0.1) is 22.9 Å². The van der Waals surface area contributed by atoms with Gasteiger partial charge in [0.25, 0.3) is 0 Å². The second-order valence-corrected chi connectivity index (χ2v) is 1.73. The lowest BCUT2D eigenvalue weighted by molar-refractivity contribution is -0.106. The van der Waals surface area contributed by atoms with Crippen LogP contribution in [-0.2, 0) is 4.79 Å². The second kappa shape index (κ2) is 29.2. The van der Waals surface area contributed by atoms with Crippen LogP contribution in [-0.4, -0.2) is 11.5 Å². The summed E-state index contributed by atoms with van der Waals surface area (Å²) in [6.45, 7) is 0. The van der Waals surface area contributed by atoms with Crippen LogP contribution in [0.15, 0.2) is 30.3 Å². The van der Waals surface area contributed by atoms with Gasteiger partial charge in [-0.3, -0.25) is 4.79 Å². The Morgan fingerprint density at radius 2 is 1.35 bits per heavy atom. The van der Waals surface area contributed by atoms with Crippen molar-refractivity contribution in [2.75, 3.05) is 0 Å². The van der Waals surface area contributed by atoms with E-state index in [0.29, 0.717) is 5.75 Å². The van der Waals surface area contributed by atoms with Crippen molar-refractivity contribution in [1.29, 1.82) is 10.5 Å². The third-order valence-electron chi connectivity index (χ3n) is 0.756. The number of hydrogen-bond donors (Lipinski definition) is 4. The Labute approximate surface area is 105 Å². The van der Waals surface area contributed by atoms with E-state index in [9.17, 15) is 0 Å². The number of amides is 1. The van der Waals surface area contributed by atoms with Gasteiger partial charge >= 0.3 is 0 Å². The molecule has 0 bridgehead atoms. The molecular formula is C9H14ClN5O2. The van der Waals surface area contributed by atoms with Crippen molar-refractivity contribution in [3.63, 3.8) is 0 Å². The van der Waals surface area contributed by atoms with Crippen molar-refractivity contribution in [3.05, 3.63) is 30.3 Å². The predicted octanol–water partition coefficient (Wildman–Crippen LogP) is -0.232. The number of phenolic OH excluding ortho intramolecular Hbond substituents is 1. The molecule has 8 heteroatoms. The first-order valence-electron chi connectivity index (χ1n) is 3.73. The summed E-state index contributed by atoms with van der Waals surface area (Å²) in [4.78, 5) is 8.58. The molecule has 0 radical (unpaired) electrons. The standard InChI is InChI=1S/C6H6O.2CH2N2.CH3NO.ClH/c7-6-4-2-1-3-5-6;3*2-1-3;/h1-5,7H;2*2H2;1H,(H2,2,3);1H. The lowest BCUT2D eigenvalue weighted by Crippen LogP contribution is -1.82.